The maximum absolute atomic E-state index is 4.63. The van der Waals surface area contributed by atoms with Crippen molar-refractivity contribution in [3.63, 3.8) is 0 Å². The largest absolute Gasteiger partial charge is 0.355 e. The van der Waals surface area contributed by atoms with Crippen LogP contribution in [0.2, 0.25) is 0 Å². The van der Waals surface area contributed by atoms with E-state index in [4.69, 9.17) is 0 Å². The van der Waals surface area contributed by atoms with Crippen molar-refractivity contribution in [1.82, 2.24) is 14.5 Å². The third-order valence-electron chi connectivity index (χ3n) is 3.97. The minimum atomic E-state index is 0.476. The van der Waals surface area contributed by atoms with Gasteiger partial charge in [-0.3, -0.25) is 0 Å². The summed E-state index contributed by atoms with van der Waals surface area (Å²) in [6.45, 7) is 13.5. The zero-order valence-corrected chi connectivity index (χ0v) is 13.5. The predicted octanol–water partition coefficient (Wildman–Crippen LogP) is 3.31. The van der Waals surface area contributed by atoms with E-state index in [0.29, 0.717) is 12.0 Å². The Kier molecular flexibility index (Phi) is 5.46. The molecule has 4 heteroatoms. The van der Waals surface area contributed by atoms with Gasteiger partial charge in [-0.25, -0.2) is 4.98 Å². The molecule has 0 amide bonds. The Bertz CT molecular complexity index is 405. The molecule has 0 spiro atoms. The van der Waals surface area contributed by atoms with E-state index in [1.165, 1.54) is 32.4 Å². The molecule has 1 aromatic rings. The van der Waals surface area contributed by atoms with Crippen molar-refractivity contribution in [1.29, 1.82) is 0 Å². The number of piperidine rings is 1. The summed E-state index contributed by atoms with van der Waals surface area (Å²) >= 11 is 0. The molecule has 0 aromatic carbocycles. The fourth-order valence-corrected chi connectivity index (χ4v) is 2.88. The Morgan fingerprint density at radius 1 is 1.20 bits per heavy atom. The first-order valence-electron chi connectivity index (χ1n) is 8.08. The number of anilines is 1. The monoisotopic (exact) mass is 278 g/mol. The molecule has 1 N–H and O–H groups in total. The highest BCUT2D eigenvalue weighted by molar-refractivity contribution is 5.29. The number of aryl methyl sites for hydroxylation is 1. The Balaban J connectivity index is 1.98. The fourth-order valence-electron chi connectivity index (χ4n) is 2.88. The third-order valence-corrected chi connectivity index (χ3v) is 3.97. The average Bonchev–Trinajstić information content (AvgIpc) is 2.79. The van der Waals surface area contributed by atoms with Gasteiger partial charge in [-0.05, 0) is 45.7 Å². The lowest BCUT2D eigenvalue weighted by atomic mass is 10.1. The molecule has 0 aliphatic carbocycles. The van der Waals surface area contributed by atoms with Crippen molar-refractivity contribution in [3.05, 3.63) is 11.9 Å². The van der Waals surface area contributed by atoms with Crippen LogP contribution in [0.5, 0.6) is 0 Å². The molecule has 1 aromatic heterocycles. The molecule has 1 atom stereocenters. The molecule has 1 unspecified atom stereocenters. The molecule has 20 heavy (non-hydrogen) atoms. The van der Waals surface area contributed by atoms with Gasteiger partial charge in [-0.2, -0.15) is 0 Å². The zero-order chi connectivity index (χ0) is 14.5. The highest BCUT2D eigenvalue weighted by Crippen LogP contribution is 2.19. The second-order valence-corrected chi connectivity index (χ2v) is 6.60. The van der Waals surface area contributed by atoms with E-state index in [1.807, 2.05) is 0 Å². The van der Waals surface area contributed by atoms with Crippen LogP contribution in [-0.4, -0.2) is 40.6 Å². The Hall–Kier alpha value is -1.03. The van der Waals surface area contributed by atoms with Gasteiger partial charge in [0.2, 0.25) is 5.95 Å². The van der Waals surface area contributed by atoms with Crippen LogP contribution >= 0.6 is 0 Å². The van der Waals surface area contributed by atoms with Crippen molar-refractivity contribution in [2.24, 2.45) is 5.92 Å². The molecule has 1 saturated heterocycles. The van der Waals surface area contributed by atoms with Crippen LogP contribution in [0.3, 0.4) is 0 Å². The van der Waals surface area contributed by atoms with Gasteiger partial charge in [0, 0.05) is 25.3 Å². The fraction of sp³-hybridized carbons (Fsp3) is 0.812. The van der Waals surface area contributed by atoms with Crippen LogP contribution in [-0.2, 0) is 0 Å². The molecule has 0 radical (unpaired) electrons. The topological polar surface area (TPSA) is 33.1 Å². The summed E-state index contributed by atoms with van der Waals surface area (Å²) in [5, 5.41) is 3.49. The molecular formula is C16H30N4. The van der Waals surface area contributed by atoms with E-state index in [9.17, 15) is 0 Å². The van der Waals surface area contributed by atoms with E-state index in [1.54, 1.807) is 0 Å². The molecule has 1 aliphatic rings. The van der Waals surface area contributed by atoms with Gasteiger partial charge in [0.1, 0.15) is 0 Å². The lowest BCUT2D eigenvalue weighted by Gasteiger charge is -2.30. The lowest BCUT2D eigenvalue weighted by Crippen LogP contribution is -2.34. The van der Waals surface area contributed by atoms with Crippen molar-refractivity contribution in [2.75, 3.05) is 31.5 Å². The van der Waals surface area contributed by atoms with E-state index < -0.39 is 0 Å². The molecule has 0 bridgehead atoms. The summed E-state index contributed by atoms with van der Waals surface area (Å²) in [4.78, 5) is 7.22. The van der Waals surface area contributed by atoms with Crippen molar-refractivity contribution >= 4 is 5.95 Å². The van der Waals surface area contributed by atoms with Gasteiger partial charge < -0.3 is 14.8 Å². The number of imidazole rings is 1. The van der Waals surface area contributed by atoms with Gasteiger partial charge >= 0.3 is 0 Å². The molecule has 1 fully saturated rings. The van der Waals surface area contributed by atoms with Crippen LogP contribution in [0.4, 0.5) is 5.95 Å². The average molecular weight is 278 g/mol. The number of aromatic nitrogens is 2. The van der Waals surface area contributed by atoms with Crippen LogP contribution < -0.4 is 5.32 Å². The number of rotatable bonds is 6. The van der Waals surface area contributed by atoms with Crippen LogP contribution in [0.1, 0.15) is 51.8 Å². The number of hydrogen-bond donors (Lipinski definition) is 1. The summed E-state index contributed by atoms with van der Waals surface area (Å²) in [6, 6.07) is 0.476. The maximum atomic E-state index is 4.63. The van der Waals surface area contributed by atoms with Crippen LogP contribution in [0.25, 0.3) is 0 Å². The summed E-state index contributed by atoms with van der Waals surface area (Å²) in [7, 11) is 0. The number of hydrogen-bond acceptors (Lipinski definition) is 3. The Morgan fingerprint density at radius 2 is 1.90 bits per heavy atom. The highest BCUT2D eigenvalue weighted by Gasteiger charge is 2.17. The maximum Gasteiger partial charge on any atom is 0.203 e. The van der Waals surface area contributed by atoms with E-state index in [2.05, 4.69) is 53.7 Å². The van der Waals surface area contributed by atoms with Crippen LogP contribution in [0, 0.1) is 12.8 Å². The smallest absolute Gasteiger partial charge is 0.203 e. The summed E-state index contributed by atoms with van der Waals surface area (Å²) in [6.07, 6.45) is 6.29. The third kappa shape index (κ3) is 4.23. The first-order valence-corrected chi connectivity index (χ1v) is 8.08. The first kappa shape index (κ1) is 15.4. The molecule has 2 rings (SSSR count). The summed E-state index contributed by atoms with van der Waals surface area (Å²) < 4.78 is 2.31. The van der Waals surface area contributed by atoms with Gasteiger partial charge in [0.05, 0.1) is 5.69 Å². The second kappa shape index (κ2) is 7.11. The number of nitrogens with zero attached hydrogens (tertiary/aromatic N) is 3. The molecule has 1 aliphatic heterocycles. The van der Waals surface area contributed by atoms with Gasteiger partial charge in [0.15, 0.2) is 0 Å². The standard InChI is InChI=1S/C16H30N4/c1-13(2)10-17-16-18-14(3)11-20(16)15(4)12-19-8-6-5-7-9-19/h11,13,15H,5-10,12H2,1-4H3,(H,17,18). The number of likely N-dealkylation sites (tertiary alicyclic amines) is 1. The molecule has 2 heterocycles. The van der Waals surface area contributed by atoms with Crippen LogP contribution in [0.15, 0.2) is 6.20 Å². The van der Waals surface area contributed by atoms with Gasteiger partial charge in [0.25, 0.3) is 0 Å². The van der Waals surface area contributed by atoms with Gasteiger partial charge in [-0.1, -0.05) is 20.3 Å². The Labute approximate surface area is 123 Å². The zero-order valence-electron chi connectivity index (χ0n) is 13.5. The van der Waals surface area contributed by atoms with Gasteiger partial charge in [-0.15, -0.1) is 0 Å². The minimum Gasteiger partial charge on any atom is -0.355 e. The molecule has 4 nitrogen and oxygen atoms in total. The summed E-state index contributed by atoms with van der Waals surface area (Å²) in [5.74, 6) is 1.67. The quantitative estimate of drug-likeness (QED) is 0.866. The number of nitrogens with one attached hydrogen (secondary N) is 1. The van der Waals surface area contributed by atoms with Crippen molar-refractivity contribution in [3.8, 4) is 0 Å². The van der Waals surface area contributed by atoms with E-state index in [-0.39, 0.29) is 0 Å². The minimum absolute atomic E-state index is 0.476. The molecule has 114 valence electrons. The van der Waals surface area contributed by atoms with Crippen molar-refractivity contribution < 1.29 is 0 Å². The molecule has 0 saturated carbocycles. The molecular weight excluding hydrogens is 248 g/mol. The second-order valence-electron chi connectivity index (χ2n) is 6.60. The summed E-state index contributed by atoms with van der Waals surface area (Å²) in [5.41, 5.74) is 1.10. The van der Waals surface area contributed by atoms with E-state index >= 15 is 0 Å². The predicted molar refractivity (Wildman–Crippen MR) is 85.3 cm³/mol. The first-order chi connectivity index (χ1) is 9.56. The normalized spacial score (nSPS) is 18.4. The van der Waals surface area contributed by atoms with Crippen molar-refractivity contribution in [2.45, 2.75) is 53.0 Å². The lowest BCUT2D eigenvalue weighted by molar-refractivity contribution is 0.202. The van der Waals surface area contributed by atoms with E-state index in [0.717, 1.165) is 24.7 Å². The highest BCUT2D eigenvalue weighted by atomic mass is 15.2. The SMILES string of the molecule is Cc1cn(C(C)CN2CCCCC2)c(NCC(C)C)n1. The Morgan fingerprint density at radius 3 is 2.55 bits per heavy atom.